The number of carbonyl (C=O) groups is 3. The number of carboxylic acids is 1. The third-order valence-corrected chi connectivity index (χ3v) is 5.44. The highest BCUT2D eigenvalue weighted by Crippen LogP contribution is 2.44. The van der Waals surface area contributed by atoms with Gasteiger partial charge in [-0.25, -0.2) is 9.59 Å². The molecule has 8 nitrogen and oxygen atoms in total. The van der Waals surface area contributed by atoms with Gasteiger partial charge in [-0.15, -0.1) is 0 Å². The summed E-state index contributed by atoms with van der Waals surface area (Å²) in [5.41, 5.74) is 4.58. The summed E-state index contributed by atoms with van der Waals surface area (Å²) >= 11 is 0. The normalized spacial score (nSPS) is 14.1. The molecule has 0 heterocycles. The lowest BCUT2D eigenvalue weighted by Gasteiger charge is -2.17. The van der Waals surface area contributed by atoms with E-state index in [2.05, 4.69) is 34.9 Å². The molecule has 0 bridgehead atoms. The predicted octanol–water partition coefficient (Wildman–Crippen LogP) is 2.77. The molecule has 8 heteroatoms. The average Bonchev–Trinajstić information content (AvgIpc) is 3.09. The van der Waals surface area contributed by atoms with Crippen LogP contribution in [-0.4, -0.2) is 56.0 Å². The molecule has 170 valence electrons. The average molecular weight is 440 g/mol. The number of nitrogens with one attached hydrogen (secondary N) is 2. The molecule has 2 amide bonds. The summed E-state index contributed by atoms with van der Waals surface area (Å²) in [5.74, 6) is -1.81. The highest BCUT2D eigenvalue weighted by molar-refractivity contribution is 5.83. The molecule has 0 radical (unpaired) electrons. The first kappa shape index (κ1) is 23.3. The minimum absolute atomic E-state index is 0.0231. The van der Waals surface area contributed by atoms with Crippen molar-refractivity contribution in [1.82, 2.24) is 10.6 Å². The molecular formula is C24H28N2O6. The number of carbonyl (C=O) groups excluding carboxylic acids is 2. The lowest BCUT2D eigenvalue weighted by molar-refractivity contribution is -0.143. The van der Waals surface area contributed by atoms with Crippen molar-refractivity contribution in [3.8, 4) is 11.1 Å². The van der Waals surface area contributed by atoms with Crippen LogP contribution in [0.25, 0.3) is 11.1 Å². The molecule has 2 aromatic rings. The Morgan fingerprint density at radius 3 is 2.19 bits per heavy atom. The van der Waals surface area contributed by atoms with Gasteiger partial charge in [0.05, 0.1) is 6.61 Å². The van der Waals surface area contributed by atoms with Gasteiger partial charge in [0.15, 0.2) is 6.04 Å². The van der Waals surface area contributed by atoms with E-state index >= 15 is 0 Å². The van der Waals surface area contributed by atoms with Crippen LogP contribution in [0.1, 0.15) is 30.4 Å². The van der Waals surface area contributed by atoms with E-state index in [1.807, 2.05) is 24.3 Å². The van der Waals surface area contributed by atoms with E-state index in [0.29, 0.717) is 0 Å². The number of amides is 2. The Balaban J connectivity index is 1.47. The van der Waals surface area contributed by atoms with Crippen LogP contribution in [0.4, 0.5) is 4.79 Å². The highest BCUT2D eigenvalue weighted by atomic mass is 16.5. The lowest BCUT2D eigenvalue weighted by atomic mass is 9.98. The molecule has 2 atom stereocenters. The van der Waals surface area contributed by atoms with Crippen molar-refractivity contribution in [3.63, 3.8) is 0 Å². The van der Waals surface area contributed by atoms with Crippen molar-refractivity contribution in [3.05, 3.63) is 59.7 Å². The van der Waals surface area contributed by atoms with Gasteiger partial charge >= 0.3 is 12.1 Å². The second-order valence-corrected chi connectivity index (χ2v) is 7.93. The van der Waals surface area contributed by atoms with Crippen molar-refractivity contribution in [2.24, 2.45) is 5.92 Å². The summed E-state index contributed by atoms with van der Waals surface area (Å²) < 4.78 is 10.3. The van der Waals surface area contributed by atoms with Crippen molar-refractivity contribution in [1.29, 1.82) is 0 Å². The van der Waals surface area contributed by atoms with Crippen LogP contribution in [0.3, 0.4) is 0 Å². The number of carboxylic acid groups (broad SMARTS) is 1. The zero-order valence-corrected chi connectivity index (χ0v) is 18.2. The van der Waals surface area contributed by atoms with Gasteiger partial charge in [-0.2, -0.15) is 0 Å². The van der Waals surface area contributed by atoms with Gasteiger partial charge < -0.3 is 25.2 Å². The third kappa shape index (κ3) is 5.64. The van der Waals surface area contributed by atoms with Crippen LogP contribution < -0.4 is 10.6 Å². The number of alkyl carbamates (subject to hydrolysis) is 1. The number of aliphatic carboxylic acids is 1. The molecule has 0 spiro atoms. The zero-order valence-electron chi connectivity index (χ0n) is 18.2. The number of methoxy groups -OCH3 is 1. The van der Waals surface area contributed by atoms with Crippen LogP contribution in [0, 0.1) is 5.92 Å². The van der Waals surface area contributed by atoms with Crippen LogP contribution in [-0.2, 0) is 19.1 Å². The Hall–Kier alpha value is -3.39. The fourth-order valence-corrected chi connectivity index (χ4v) is 3.89. The molecule has 3 N–H and O–H groups in total. The maximum absolute atomic E-state index is 12.2. The van der Waals surface area contributed by atoms with Crippen LogP contribution in [0.15, 0.2) is 48.5 Å². The van der Waals surface area contributed by atoms with Gasteiger partial charge in [0.25, 0.3) is 0 Å². The minimum Gasteiger partial charge on any atom is -0.480 e. The summed E-state index contributed by atoms with van der Waals surface area (Å²) in [4.78, 5) is 35.4. The SMILES string of the molecule is COCC(NC(=O)CC(C)CNC(=O)OCC1c2ccccc2-c2ccccc21)C(=O)O. The first-order valence-electron chi connectivity index (χ1n) is 10.5. The fourth-order valence-electron chi connectivity index (χ4n) is 3.89. The van der Waals surface area contributed by atoms with E-state index in [4.69, 9.17) is 14.6 Å². The van der Waals surface area contributed by atoms with Crippen LogP contribution in [0.2, 0.25) is 0 Å². The van der Waals surface area contributed by atoms with E-state index in [1.54, 1.807) is 6.92 Å². The first-order chi connectivity index (χ1) is 15.4. The summed E-state index contributed by atoms with van der Waals surface area (Å²) in [7, 11) is 1.36. The Labute approximate surface area is 186 Å². The second kappa shape index (κ2) is 10.8. The molecule has 2 aromatic carbocycles. The van der Waals surface area contributed by atoms with Crippen molar-refractivity contribution in [2.45, 2.75) is 25.3 Å². The zero-order chi connectivity index (χ0) is 23.1. The van der Waals surface area contributed by atoms with Gasteiger partial charge in [0.2, 0.25) is 5.91 Å². The summed E-state index contributed by atoms with van der Waals surface area (Å²) in [6.07, 6.45) is -0.487. The van der Waals surface area contributed by atoms with Crippen molar-refractivity contribution >= 4 is 18.0 Å². The molecule has 3 rings (SSSR count). The van der Waals surface area contributed by atoms with E-state index in [9.17, 15) is 14.4 Å². The van der Waals surface area contributed by atoms with Crippen molar-refractivity contribution in [2.75, 3.05) is 26.9 Å². The molecule has 2 unspecified atom stereocenters. The van der Waals surface area contributed by atoms with Gasteiger partial charge in [0.1, 0.15) is 6.61 Å². The molecule has 0 aliphatic heterocycles. The number of fused-ring (bicyclic) bond motifs is 3. The van der Waals surface area contributed by atoms with Crippen molar-refractivity contribution < 1.29 is 29.0 Å². The first-order valence-corrected chi connectivity index (χ1v) is 10.5. The smallest absolute Gasteiger partial charge is 0.407 e. The summed E-state index contributed by atoms with van der Waals surface area (Å²) in [6.45, 7) is 2.11. The molecule has 32 heavy (non-hydrogen) atoms. The molecule has 1 aliphatic carbocycles. The topological polar surface area (TPSA) is 114 Å². The quantitative estimate of drug-likeness (QED) is 0.524. The van der Waals surface area contributed by atoms with Crippen LogP contribution in [0.5, 0.6) is 0 Å². The fraction of sp³-hybridized carbons (Fsp3) is 0.375. The molecule has 0 aromatic heterocycles. The predicted molar refractivity (Wildman–Crippen MR) is 118 cm³/mol. The standard InChI is InChI=1S/C24H28N2O6/c1-15(11-22(27)26-21(14-31-2)23(28)29)12-25-24(30)32-13-20-18-9-5-3-7-16(18)17-8-4-6-10-19(17)20/h3-10,15,20-21H,11-14H2,1-2H3,(H,25,30)(H,26,27)(H,28,29). The second-order valence-electron chi connectivity index (χ2n) is 7.93. The molecule has 0 fully saturated rings. The lowest BCUT2D eigenvalue weighted by Crippen LogP contribution is -2.44. The number of rotatable bonds is 10. The largest absolute Gasteiger partial charge is 0.480 e. The molecule has 1 aliphatic rings. The van der Waals surface area contributed by atoms with E-state index in [-0.39, 0.29) is 38.0 Å². The van der Waals surface area contributed by atoms with E-state index < -0.39 is 24.0 Å². The number of hydrogen-bond acceptors (Lipinski definition) is 5. The van der Waals surface area contributed by atoms with Gasteiger partial charge in [0, 0.05) is 26.0 Å². The number of benzene rings is 2. The van der Waals surface area contributed by atoms with Gasteiger partial charge in [-0.05, 0) is 28.2 Å². The summed E-state index contributed by atoms with van der Waals surface area (Å²) in [6, 6.07) is 15.1. The maximum Gasteiger partial charge on any atom is 0.407 e. The highest BCUT2D eigenvalue weighted by Gasteiger charge is 2.29. The third-order valence-electron chi connectivity index (χ3n) is 5.44. The minimum atomic E-state index is -1.16. The molecule has 0 saturated heterocycles. The molecular weight excluding hydrogens is 412 g/mol. The Bertz CT molecular complexity index is 931. The van der Waals surface area contributed by atoms with Gasteiger partial charge in [-0.1, -0.05) is 55.5 Å². The van der Waals surface area contributed by atoms with Gasteiger partial charge in [-0.3, -0.25) is 4.79 Å². The number of ether oxygens (including phenoxy) is 2. The monoisotopic (exact) mass is 440 g/mol. The molecule has 0 saturated carbocycles. The van der Waals surface area contributed by atoms with Crippen LogP contribution >= 0.6 is 0 Å². The van der Waals surface area contributed by atoms with E-state index in [0.717, 1.165) is 22.3 Å². The Morgan fingerprint density at radius 1 is 1.03 bits per heavy atom. The number of hydrogen-bond donors (Lipinski definition) is 3. The van der Waals surface area contributed by atoms with E-state index in [1.165, 1.54) is 7.11 Å². The Kier molecular flexibility index (Phi) is 7.83. The maximum atomic E-state index is 12.2. The summed E-state index contributed by atoms with van der Waals surface area (Å²) in [5, 5.41) is 14.2. The Morgan fingerprint density at radius 2 is 1.62 bits per heavy atom.